The summed E-state index contributed by atoms with van der Waals surface area (Å²) >= 11 is 0. The summed E-state index contributed by atoms with van der Waals surface area (Å²) < 4.78 is 43.6. The molecule has 2 fully saturated rings. The highest BCUT2D eigenvalue weighted by atomic mass is 19.1. The van der Waals surface area contributed by atoms with Crippen molar-refractivity contribution in [2.45, 2.75) is 63.0 Å². The number of alkyl halides is 1. The van der Waals surface area contributed by atoms with Crippen LogP contribution in [0.1, 0.15) is 62.8 Å². The molecule has 140 valence electrons. The highest BCUT2D eigenvalue weighted by Gasteiger charge is 2.42. The average molecular weight is 360 g/mol. The van der Waals surface area contributed by atoms with Crippen LogP contribution in [0.3, 0.4) is 0 Å². The normalized spacial score (nSPS) is 35.5. The lowest BCUT2D eigenvalue weighted by Crippen LogP contribution is -2.35. The van der Waals surface area contributed by atoms with Gasteiger partial charge in [0.25, 0.3) is 0 Å². The molecule has 2 atom stereocenters. The van der Waals surface area contributed by atoms with Gasteiger partial charge in [-0.1, -0.05) is 43.9 Å². The fourth-order valence-corrected chi connectivity index (χ4v) is 5.37. The van der Waals surface area contributed by atoms with E-state index in [-0.39, 0.29) is 5.92 Å². The lowest BCUT2D eigenvalue weighted by molar-refractivity contribution is 0.108. The fourth-order valence-electron chi connectivity index (χ4n) is 5.37. The number of hydrogen-bond donors (Lipinski definition) is 0. The minimum Gasteiger partial charge on any atom is -0.234 e. The van der Waals surface area contributed by atoms with Crippen molar-refractivity contribution in [3.63, 3.8) is 0 Å². The van der Waals surface area contributed by atoms with E-state index in [1.165, 1.54) is 43.9 Å². The second-order valence-corrected chi connectivity index (χ2v) is 8.40. The molecule has 1 aromatic rings. The van der Waals surface area contributed by atoms with Crippen LogP contribution in [0.5, 0.6) is 0 Å². The van der Waals surface area contributed by atoms with Crippen LogP contribution in [0, 0.1) is 23.6 Å². The van der Waals surface area contributed by atoms with E-state index in [2.05, 4.69) is 0 Å². The standard InChI is InChI=1S/C23H27F3/c24-20-7-3-6-18(14-20)21-12-13-23(26,15-22(21)25)19-10-8-17(9-11-19)16-4-1-2-5-16/h3,6-7,12-17,19,21H,1-2,4-5,8-11H2/t17?,19?,21-,23+/m0/s1. The van der Waals surface area contributed by atoms with Crippen LogP contribution in [-0.4, -0.2) is 5.67 Å². The summed E-state index contributed by atoms with van der Waals surface area (Å²) in [7, 11) is 0. The largest absolute Gasteiger partial charge is 0.234 e. The molecule has 4 rings (SSSR count). The quantitative estimate of drug-likeness (QED) is 0.507. The zero-order valence-corrected chi connectivity index (χ0v) is 15.1. The zero-order valence-electron chi connectivity index (χ0n) is 15.1. The Bertz CT molecular complexity index is 693. The molecule has 0 unspecified atom stereocenters. The number of benzene rings is 1. The Morgan fingerprint density at radius 1 is 0.885 bits per heavy atom. The van der Waals surface area contributed by atoms with E-state index in [9.17, 15) is 8.78 Å². The Balaban J connectivity index is 1.44. The molecule has 0 nitrogen and oxygen atoms in total. The van der Waals surface area contributed by atoms with Crippen molar-refractivity contribution in [1.82, 2.24) is 0 Å². The molecule has 3 aliphatic rings. The van der Waals surface area contributed by atoms with E-state index in [1.54, 1.807) is 18.2 Å². The molecule has 0 saturated heterocycles. The van der Waals surface area contributed by atoms with Gasteiger partial charge in [0.2, 0.25) is 0 Å². The van der Waals surface area contributed by atoms with Crippen molar-refractivity contribution in [2.24, 2.45) is 17.8 Å². The van der Waals surface area contributed by atoms with Gasteiger partial charge < -0.3 is 0 Å². The third kappa shape index (κ3) is 3.50. The van der Waals surface area contributed by atoms with Crippen molar-refractivity contribution in [3.8, 4) is 0 Å². The van der Waals surface area contributed by atoms with Crippen LogP contribution >= 0.6 is 0 Å². The first-order valence-corrected chi connectivity index (χ1v) is 10.1. The third-order valence-electron chi connectivity index (χ3n) is 6.87. The van der Waals surface area contributed by atoms with Gasteiger partial charge in [-0.25, -0.2) is 13.2 Å². The van der Waals surface area contributed by atoms with Crippen LogP contribution in [0.25, 0.3) is 0 Å². The van der Waals surface area contributed by atoms with Gasteiger partial charge in [0, 0.05) is 5.92 Å². The predicted molar refractivity (Wildman–Crippen MR) is 98.7 cm³/mol. The van der Waals surface area contributed by atoms with Gasteiger partial charge in [-0.2, -0.15) is 0 Å². The Morgan fingerprint density at radius 2 is 1.58 bits per heavy atom. The SMILES string of the molecule is FC1=C[C@@](F)(C2CCC(C3CCCC3)CC2)C=C[C@H]1c1cccc(F)c1. The summed E-state index contributed by atoms with van der Waals surface area (Å²) in [6.45, 7) is 0. The monoisotopic (exact) mass is 360 g/mol. The first kappa shape index (κ1) is 17.9. The number of halogens is 3. The smallest absolute Gasteiger partial charge is 0.152 e. The van der Waals surface area contributed by atoms with Gasteiger partial charge in [0.05, 0.1) is 5.92 Å². The fraction of sp³-hybridized carbons (Fsp3) is 0.565. The highest BCUT2D eigenvalue weighted by molar-refractivity contribution is 5.38. The Kier molecular flexibility index (Phi) is 4.98. The number of rotatable bonds is 3. The van der Waals surface area contributed by atoms with Crippen LogP contribution in [0.2, 0.25) is 0 Å². The van der Waals surface area contributed by atoms with E-state index in [1.807, 2.05) is 0 Å². The van der Waals surface area contributed by atoms with E-state index in [4.69, 9.17) is 0 Å². The molecule has 3 aliphatic carbocycles. The van der Waals surface area contributed by atoms with Gasteiger partial charge in [0.15, 0.2) is 5.67 Å². The first-order chi connectivity index (χ1) is 12.5. The summed E-state index contributed by atoms with van der Waals surface area (Å²) in [4.78, 5) is 0. The van der Waals surface area contributed by atoms with E-state index >= 15 is 4.39 Å². The topological polar surface area (TPSA) is 0 Å². The summed E-state index contributed by atoms with van der Waals surface area (Å²) in [5.74, 6) is -0.151. The third-order valence-corrected chi connectivity index (χ3v) is 6.87. The van der Waals surface area contributed by atoms with Crippen molar-refractivity contribution >= 4 is 0 Å². The van der Waals surface area contributed by atoms with Gasteiger partial charge in [-0.3, -0.25) is 0 Å². The molecule has 0 N–H and O–H groups in total. The molecule has 2 saturated carbocycles. The van der Waals surface area contributed by atoms with Gasteiger partial charge >= 0.3 is 0 Å². The van der Waals surface area contributed by atoms with E-state index in [0.29, 0.717) is 5.56 Å². The minimum atomic E-state index is -1.70. The van der Waals surface area contributed by atoms with Crippen molar-refractivity contribution in [3.05, 3.63) is 59.7 Å². The van der Waals surface area contributed by atoms with Crippen molar-refractivity contribution in [1.29, 1.82) is 0 Å². The molecule has 26 heavy (non-hydrogen) atoms. The van der Waals surface area contributed by atoms with Crippen molar-refractivity contribution in [2.75, 3.05) is 0 Å². The second kappa shape index (κ2) is 7.25. The summed E-state index contributed by atoms with van der Waals surface area (Å²) in [5.41, 5.74) is -1.17. The van der Waals surface area contributed by atoms with Crippen LogP contribution in [-0.2, 0) is 0 Å². The Hall–Kier alpha value is -1.51. The maximum Gasteiger partial charge on any atom is 0.152 e. The molecule has 0 aromatic heterocycles. The van der Waals surface area contributed by atoms with Crippen LogP contribution < -0.4 is 0 Å². The van der Waals surface area contributed by atoms with Crippen molar-refractivity contribution < 1.29 is 13.2 Å². The number of allylic oxidation sites excluding steroid dienone is 4. The van der Waals surface area contributed by atoms with E-state index < -0.39 is 23.2 Å². The van der Waals surface area contributed by atoms with Gasteiger partial charge in [-0.15, -0.1) is 0 Å². The first-order valence-electron chi connectivity index (χ1n) is 10.1. The lowest BCUT2D eigenvalue weighted by atomic mass is 9.69. The summed E-state index contributed by atoms with van der Waals surface area (Å²) in [5, 5.41) is 0. The number of hydrogen-bond acceptors (Lipinski definition) is 0. The summed E-state index contributed by atoms with van der Waals surface area (Å²) in [6, 6.07) is 5.90. The van der Waals surface area contributed by atoms with Crippen LogP contribution in [0.15, 0.2) is 48.3 Å². The molecule has 0 radical (unpaired) electrons. The maximum absolute atomic E-state index is 15.5. The lowest BCUT2D eigenvalue weighted by Gasteiger charge is -2.38. The average Bonchev–Trinajstić information content (AvgIpc) is 3.16. The Labute approximate surface area is 154 Å². The molecule has 0 spiro atoms. The molecule has 3 heteroatoms. The maximum atomic E-state index is 15.5. The molecule has 0 heterocycles. The second-order valence-electron chi connectivity index (χ2n) is 8.40. The van der Waals surface area contributed by atoms with E-state index in [0.717, 1.165) is 43.6 Å². The minimum absolute atomic E-state index is 0.143. The zero-order chi connectivity index (χ0) is 18.1. The molecule has 0 aliphatic heterocycles. The molecular formula is C23H27F3. The highest BCUT2D eigenvalue weighted by Crippen LogP contribution is 2.47. The predicted octanol–water partition coefficient (Wildman–Crippen LogP) is 7.04. The van der Waals surface area contributed by atoms with Gasteiger partial charge in [-0.05, 0) is 67.4 Å². The molecule has 1 aromatic carbocycles. The molecular weight excluding hydrogens is 333 g/mol. The Morgan fingerprint density at radius 3 is 2.23 bits per heavy atom. The van der Waals surface area contributed by atoms with Crippen LogP contribution in [0.4, 0.5) is 13.2 Å². The summed E-state index contributed by atoms with van der Waals surface area (Å²) in [6.07, 6.45) is 13.4. The van der Waals surface area contributed by atoms with Gasteiger partial charge in [0.1, 0.15) is 11.6 Å². The molecule has 0 amide bonds. The molecule has 0 bridgehead atoms.